The Hall–Kier alpha value is -0.630. The van der Waals surface area contributed by atoms with Crippen molar-refractivity contribution in [2.24, 2.45) is 62.6 Å². The molecule has 0 radical (unpaired) electrons. The summed E-state index contributed by atoms with van der Waals surface area (Å²) in [6, 6.07) is 0. The van der Waals surface area contributed by atoms with Gasteiger partial charge < -0.3 is 9.90 Å². The van der Waals surface area contributed by atoms with E-state index in [2.05, 4.69) is 48.1 Å². The Bertz CT molecular complexity index is 829. The summed E-state index contributed by atoms with van der Waals surface area (Å²) in [5.41, 5.74) is 2.66. The lowest BCUT2D eigenvalue weighted by atomic mass is 9.32. The van der Waals surface area contributed by atoms with Gasteiger partial charge in [-0.3, -0.25) is 0 Å². The normalized spacial score (nSPS) is 55.0. The molecule has 186 valence electrons. The first-order valence-electron chi connectivity index (χ1n) is 14.1. The van der Waals surface area contributed by atoms with Crippen LogP contribution in [0.5, 0.6) is 0 Å². The monoisotopic (exact) mass is 454 g/mol. The van der Waals surface area contributed by atoms with Crippen molar-refractivity contribution in [1.82, 2.24) is 0 Å². The van der Waals surface area contributed by atoms with E-state index >= 15 is 0 Å². The minimum Gasteiger partial charge on any atom is -0.396 e. The van der Waals surface area contributed by atoms with Gasteiger partial charge in [-0.15, -0.1) is 0 Å². The van der Waals surface area contributed by atoms with E-state index in [0.717, 1.165) is 18.8 Å². The van der Waals surface area contributed by atoms with Crippen LogP contribution in [0.2, 0.25) is 0 Å². The van der Waals surface area contributed by atoms with Crippen LogP contribution < -0.4 is 0 Å². The number of aldehydes is 1. The zero-order chi connectivity index (χ0) is 24.0. The topological polar surface area (TPSA) is 37.3 Å². The number of carbonyl (C=O) groups is 1. The first-order valence-corrected chi connectivity index (χ1v) is 14.1. The van der Waals surface area contributed by atoms with Crippen LogP contribution in [-0.4, -0.2) is 18.0 Å². The van der Waals surface area contributed by atoms with Gasteiger partial charge in [-0.05, 0) is 128 Å². The minimum absolute atomic E-state index is 0.132. The number of aliphatic hydroxyl groups is 1. The largest absolute Gasteiger partial charge is 0.396 e. The first-order chi connectivity index (χ1) is 15.4. The van der Waals surface area contributed by atoms with E-state index in [9.17, 15) is 9.90 Å². The van der Waals surface area contributed by atoms with Crippen LogP contribution in [0.3, 0.4) is 0 Å². The lowest BCUT2D eigenvalue weighted by Gasteiger charge is -2.73. The fraction of sp³-hybridized carbons (Fsp3) is 0.903. The molecule has 5 aliphatic carbocycles. The van der Waals surface area contributed by atoms with Gasteiger partial charge in [0.25, 0.3) is 0 Å². The van der Waals surface area contributed by atoms with Crippen molar-refractivity contribution < 1.29 is 9.90 Å². The van der Waals surface area contributed by atoms with Gasteiger partial charge in [0.05, 0.1) is 0 Å². The van der Waals surface area contributed by atoms with Gasteiger partial charge in [0.15, 0.2) is 0 Å². The highest BCUT2D eigenvalue weighted by atomic mass is 16.3. The summed E-state index contributed by atoms with van der Waals surface area (Å²) in [5, 5.41) is 10.7. The lowest BCUT2D eigenvalue weighted by Crippen LogP contribution is -2.66. The number of hydrogen-bond acceptors (Lipinski definition) is 2. The summed E-state index contributed by atoms with van der Waals surface area (Å²) in [7, 11) is 0. The second kappa shape index (κ2) is 7.44. The maximum atomic E-state index is 12.1. The molecule has 2 nitrogen and oxygen atoms in total. The van der Waals surface area contributed by atoms with Gasteiger partial charge in [0, 0.05) is 12.5 Å². The highest BCUT2D eigenvalue weighted by Crippen LogP contribution is 2.77. The highest BCUT2D eigenvalue weighted by Gasteiger charge is 2.70. The van der Waals surface area contributed by atoms with Gasteiger partial charge >= 0.3 is 0 Å². The zero-order valence-electron chi connectivity index (χ0n) is 22.4. The Morgan fingerprint density at radius 3 is 2.27 bits per heavy atom. The molecule has 0 bridgehead atoms. The molecule has 1 N–H and O–H groups in total. The van der Waals surface area contributed by atoms with Gasteiger partial charge in [-0.1, -0.05) is 46.8 Å². The van der Waals surface area contributed by atoms with Crippen LogP contribution >= 0.6 is 0 Å². The van der Waals surface area contributed by atoms with E-state index in [1.807, 2.05) is 0 Å². The molecule has 0 saturated heterocycles. The number of rotatable bonds is 3. The molecule has 0 aromatic carbocycles. The van der Waals surface area contributed by atoms with E-state index in [1.165, 1.54) is 63.2 Å². The number of hydrogen-bond donors (Lipinski definition) is 1. The quantitative estimate of drug-likeness (QED) is 0.355. The Labute approximate surface area is 203 Å². The molecule has 1 unspecified atom stereocenters. The predicted molar refractivity (Wildman–Crippen MR) is 136 cm³/mol. The molecule has 5 fully saturated rings. The molecular formula is C31H50O2. The predicted octanol–water partition coefficient (Wildman–Crippen LogP) is 7.45. The fourth-order valence-electron chi connectivity index (χ4n) is 12.0. The molecule has 0 heterocycles. The lowest BCUT2D eigenvalue weighted by molar-refractivity contribution is -0.242. The van der Waals surface area contributed by atoms with Gasteiger partial charge in [-0.25, -0.2) is 0 Å². The zero-order valence-corrected chi connectivity index (χ0v) is 22.4. The number of carbonyl (C=O) groups excluding carboxylic acids is 1. The molecule has 5 saturated carbocycles. The Morgan fingerprint density at radius 2 is 1.64 bits per heavy atom. The second-order valence-corrected chi connectivity index (χ2v) is 15.0. The minimum atomic E-state index is 0.132. The standard InChI is InChI=1S/C31H50O2/c1-20(2)22-10-13-31(19-33)15-14-29(6)23(26(22)31)8-9-25-28(5)17-21(18-32)16-27(3,4)24(28)11-12-30(25,29)7/h18,21-26,33H,1,8-17,19H2,2-7H3/t21?,22-,23+,24-,25+,26+,28-,29+,30+,31+/m0/s1. The van der Waals surface area contributed by atoms with E-state index in [-0.39, 0.29) is 22.2 Å². The molecule has 0 amide bonds. The molecule has 0 aliphatic heterocycles. The van der Waals surface area contributed by atoms with E-state index < -0.39 is 0 Å². The smallest absolute Gasteiger partial charge is 0.123 e. The summed E-state index contributed by atoms with van der Waals surface area (Å²) in [6.45, 7) is 19.9. The maximum Gasteiger partial charge on any atom is 0.123 e. The van der Waals surface area contributed by atoms with Gasteiger partial charge in [0.2, 0.25) is 0 Å². The average Bonchev–Trinajstić information content (AvgIpc) is 3.13. The molecule has 10 atom stereocenters. The van der Waals surface area contributed by atoms with Crippen molar-refractivity contribution in [1.29, 1.82) is 0 Å². The van der Waals surface area contributed by atoms with Crippen LogP contribution in [0, 0.1) is 62.6 Å². The Morgan fingerprint density at radius 1 is 0.909 bits per heavy atom. The molecule has 5 rings (SSSR count). The van der Waals surface area contributed by atoms with Crippen molar-refractivity contribution in [2.75, 3.05) is 6.61 Å². The number of allylic oxidation sites excluding steroid dienone is 1. The summed E-state index contributed by atoms with van der Waals surface area (Å²) in [5.74, 6) is 3.55. The van der Waals surface area contributed by atoms with Crippen molar-refractivity contribution in [3.63, 3.8) is 0 Å². The Balaban J connectivity index is 1.56. The van der Waals surface area contributed by atoms with Crippen molar-refractivity contribution in [2.45, 2.75) is 106 Å². The third kappa shape index (κ3) is 2.98. The van der Waals surface area contributed by atoms with Crippen molar-refractivity contribution in [3.05, 3.63) is 12.2 Å². The SMILES string of the molecule is C=C(C)[C@@H]1CC[C@]2(CO)CC[C@]3(C)[C@H](CC[C@@H]4[C@@]5(C)CC(C=O)CC(C)(C)[C@@H]5CC[C@]43C)[C@@H]12. The Kier molecular flexibility index (Phi) is 5.43. The molecule has 33 heavy (non-hydrogen) atoms. The van der Waals surface area contributed by atoms with Crippen LogP contribution in [0.4, 0.5) is 0 Å². The molecule has 0 spiro atoms. The first kappa shape index (κ1) is 24.1. The van der Waals surface area contributed by atoms with E-state index in [1.54, 1.807) is 0 Å². The van der Waals surface area contributed by atoms with Crippen LogP contribution in [0.25, 0.3) is 0 Å². The summed E-state index contributed by atoms with van der Waals surface area (Å²) in [6.07, 6.45) is 13.6. The average molecular weight is 455 g/mol. The molecule has 5 aliphatic rings. The van der Waals surface area contributed by atoms with Crippen LogP contribution in [-0.2, 0) is 4.79 Å². The third-order valence-corrected chi connectivity index (χ3v) is 13.4. The molecular weight excluding hydrogens is 404 g/mol. The maximum absolute atomic E-state index is 12.1. The number of fused-ring (bicyclic) bond motifs is 7. The van der Waals surface area contributed by atoms with Gasteiger partial charge in [0.1, 0.15) is 6.29 Å². The van der Waals surface area contributed by atoms with Gasteiger partial charge in [-0.2, -0.15) is 0 Å². The van der Waals surface area contributed by atoms with Crippen molar-refractivity contribution in [3.8, 4) is 0 Å². The van der Waals surface area contributed by atoms with E-state index in [4.69, 9.17) is 0 Å². The number of aliphatic hydroxyl groups excluding tert-OH is 1. The summed E-state index contributed by atoms with van der Waals surface area (Å²) < 4.78 is 0. The molecule has 2 heteroatoms. The highest BCUT2D eigenvalue weighted by molar-refractivity contribution is 5.54. The van der Waals surface area contributed by atoms with Crippen LogP contribution in [0.15, 0.2) is 12.2 Å². The molecule has 0 aromatic rings. The van der Waals surface area contributed by atoms with Crippen molar-refractivity contribution >= 4 is 6.29 Å². The van der Waals surface area contributed by atoms with Crippen LogP contribution in [0.1, 0.15) is 106 Å². The molecule has 0 aromatic heterocycles. The fourth-order valence-corrected chi connectivity index (χ4v) is 12.0. The summed E-state index contributed by atoms with van der Waals surface area (Å²) >= 11 is 0. The third-order valence-electron chi connectivity index (χ3n) is 13.4. The summed E-state index contributed by atoms with van der Waals surface area (Å²) in [4.78, 5) is 12.1. The second-order valence-electron chi connectivity index (χ2n) is 15.0. The van der Waals surface area contributed by atoms with E-state index in [0.29, 0.717) is 41.1 Å².